The van der Waals surface area contributed by atoms with Gasteiger partial charge in [0.15, 0.2) is 0 Å². The molecule has 4 heteroatoms. The second kappa shape index (κ2) is 8.81. The predicted octanol–water partition coefficient (Wildman–Crippen LogP) is 5.81. The third-order valence-corrected chi connectivity index (χ3v) is 6.22. The van der Waals surface area contributed by atoms with E-state index in [9.17, 15) is 4.79 Å². The van der Waals surface area contributed by atoms with Crippen LogP contribution in [0, 0.1) is 12.8 Å². The summed E-state index contributed by atoms with van der Waals surface area (Å²) in [5.74, 6) is 1.71. The van der Waals surface area contributed by atoms with Crippen molar-refractivity contribution in [1.29, 1.82) is 0 Å². The fourth-order valence-electron chi connectivity index (χ4n) is 4.50. The van der Waals surface area contributed by atoms with Gasteiger partial charge in [-0.05, 0) is 50.5 Å². The molecule has 3 aromatic rings. The van der Waals surface area contributed by atoms with Crippen molar-refractivity contribution in [2.24, 2.45) is 5.92 Å². The minimum Gasteiger partial charge on any atom is -0.342 e. The number of fused-ring (bicyclic) bond motifs is 1. The average Bonchev–Trinajstić information content (AvgIpc) is 3.12. The molecular weight excluding hydrogens is 358 g/mol. The van der Waals surface area contributed by atoms with Crippen molar-refractivity contribution in [2.75, 3.05) is 0 Å². The lowest BCUT2D eigenvalue weighted by molar-refractivity contribution is 0.0937. The maximum Gasteiger partial charge on any atom is 0.251 e. The first-order chi connectivity index (χ1) is 14.1. The number of amides is 1. The Hall–Kier alpha value is -2.62. The second-order valence-corrected chi connectivity index (χ2v) is 8.46. The molecule has 1 atom stereocenters. The van der Waals surface area contributed by atoms with Crippen LogP contribution in [0.5, 0.6) is 0 Å². The molecule has 0 radical (unpaired) electrons. The van der Waals surface area contributed by atoms with E-state index in [0.717, 1.165) is 34.9 Å². The Morgan fingerprint density at radius 3 is 2.59 bits per heavy atom. The lowest BCUT2D eigenvalue weighted by Gasteiger charge is -2.23. The summed E-state index contributed by atoms with van der Waals surface area (Å²) in [5.41, 5.74) is 4.00. The quantitative estimate of drug-likeness (QED) is 0.578. The minimum atomic E-state index is -0.150. The highest BCUT2D eigenvalue weighted by Crippen LogP contribution is 2.28. The van der Waals surface area contributed by atoms with E-state index in [1.54, 1.807) is 0 Å². The molecule has 1 saturated carbocycles. The van der Waals surface area contributed by atoms with E-state index in [1.165, 1.54) is 38.5 Å². The minimum absolute atomic E-state index is 0.0524. The average molecular weight is 390 g/mol. The molecule has 1 heterocycles. The van der Waals surface area contributed by atoms with Gasteiger partial charge in [-0.25, -0.2) is 4.98 Å². The summed E-state index contributed by atoms with van der Waals surface area (Å²) in [6.07, 6.45) is 8.00. The zero-order valence-corrected chi connectivity index (χ0v) is 17.5. The summed E-state index contributed by atoms with van der Waals surface area (Å²) in [6, 6.07) is 15.8. The molecule has 2 aromatic carbocycles. The van der Waals surface area contributed by atoms with E-state index in [-0.39, 0.29) is 11.9 Å². The Labute approximate surface area is 173 Å². The van der Waals surface area contributed by atoms with Crippen molar-refractivity contribution >= 4 is 16.9 Å². The molecule has 4 rings (SSSR count). The number of aryl methyl sites for hydroxylation is 2. The fraction of sp³-hybridized carbons (Fsp3) is 0.440. The summed E-state index contributed by atoms with van der Waals surface area (Å²) in [5, 5.41) is 3.15. The zero-order valence-electron chi connectivity index (χ0n) is 17.5. The maximum atomic E-state index is 12.7. The van der Waals surface area contributed by atoms with Crippen LogP contribution in [0.25, 0.3) is 11.0 Å². The Morgan fingerprint density at radius 2 is 1.83 bits per heavy atom. The summed E-state index contributed by atoms with van der Waals surface area (Å²) < 4.78 is 2.32. The summed E-state index contributed by atoms with van der Waals surface area (Å²) >= 11 is 0. The van der Waals surface area contributed by atoms with Gasteiger partial charge in [0.25, 0.3) is 5.91 Å². The van der Waals surface area contributed by atoms with Crippen LogP contribution < -0.4 is 5.32 Å². The number of para-hydroxylation sites is 2. The largest absolute Gasteiger partial charge is 0.342 e. The fourth-order valence-corrected chi connectivity index (χ4v) is 4.50. The van der Waals surface area contributed by atoms with Crippen molar-refractivity contribution in [3.8, 4) is 0 Å². The smallest absolute Gasteiger partial charge is 0.251 e. The number of benzene rings is 2. The molecule has 4 nitrogen and oxygen atoms in total. The van der Waals surface area contributed by atoms with Crippen molar-refractivity contribution in [3.05, 3.63) is 65.5 Å². The number of imidazole rings is 1. The molecule has 29 heavy (non-hydrogen) atoms. The summed E-state index contributed by atoms with van der Waals surface area (Å²) in [7, 11) is 0. The van der Waals surface area contributed by atoms with Crippen LogP contribution in [0.15, 0.2) is 48.5 Å². The molecule has 1 aromatic heterocycles. The zero-order chi connectivity index (χ0) is 20.2. The third kappa shape index (κ3) is 4.52. The molecule has 0 aliphatic heterocycles. The van der Waals surface area contributed by atoms with Crippen molar-refractivity contribution in [1.82, 2.24) is 14.9 Å². The Kier molecular flexibility index (Phi) is 5.98. The first-order valence-corrected chi connectivity index (χ1v) is 10.9. The molecule has 0 spiro atoms. The lowest BCUT2D eigenvalue weighted by atomic mass is 9.87. The summed E-state index contributed by atoms with van der Waals surface area (Å²) in [4.78, 5) is 17.6. The standard InChI is InChI=1S/C25H31N3O/c1-18-12-14-21(15-13-18)25(29)26-19(2)24-27-22-10-6-7-11-23(22)28(24)17-16-20-8-4-3-5-9-20/h6-7,10-15,19-20H,3-5,8-9,16-17H2,1-2H3,(H,26,29). The van der Waals surface area contributed by atoms with Crippen LogP contribution in [0.3, 0.4) is 0 Å². The highest BCUT2D eigenvalue weighted by Gasteiger charge is 2.20. The number of aromatic nitrogens is 2. The molecular formula is C25H31N3O. The third-order valence-electron chi connectivity index (χ3n) is 6.22. The lowest BCUT2D eigenvalue weighted by Crippen LogP contribution is -2.29. The molecule has 0 saturated heterocycles. The number of hydrogen-bond acceptors (Lipinski definition) is 2. The predicted molar refractivity (Wildman–Crippen MR) is 118 cm³/mol. The number of hydrogen-bond donors (Lipinski definition) is 1. The number of carbonyl (C=O) groups is 1. The highest BCUT2D eigenvalue weighted by molar-refractivity contribution is 5.94. The second-order valence-electron chi connectivity index (χ2n) is 8.46. The Morgan fingerprint density at radius 1 is 1.10 bits per heavy atom. The van der Waals surface area contributed by atoms with Gasteiger partial charge >= 0.3 is 0 Å². The van der Waals surface area contributed by atoms with E-state index in [2.05, 4.69) is 28.1 Å². The first-order valence-electron chi connectivity index (χ1n) is 10.9. The molecule has 1 aliphatic carbocycles. The van der Waals surface area contributed by atoms with Gasteiger partial charge in [0.2, 0.25) is 0 Å². The van der Waals surface area contributed by atoms with Crippen LogP contribution in [-0.2, 0) is 6.54 Å². The number of carbonyl (C=O) groups excluding carboxylic acids is 1. The van der Waals surface area contributed by atoms with Crippen molar-refractivity contribution in [2.45, 2.75) is 65.0 Å². The van der Waals surface area contributed by atoms with Gasteiger partial charge < -0.3 is 9.88 Å². The van der Waals surface area contributed by atoms with Crippen LogP contribution in [0.2, 0.25) is 0 Å². The molecule has 1 amide bonds. The van der Waals surface area contributed by atoms with E-state index in [0.29, 0.717) is 5.56 Å². The molecule has 1 N–H and O–H groups in total. The van der Waals surface area contributed by atoms with E-state index in [1.807, 2.05) is 44.2 Å². The van der Waals surface area contributed by atoms with Crippen LogP contribution in [-0.4, -0.2) is 15.5 Å². The molecule has 1 unspecified atom stereocenters. The normalized spacial score (nSPS) is 16.1. The topological polar surface area (TPSA) is 46.9 Å². The van der Waals surface area contributed by atoms with Gasteiger partial charge in [-0.1, -0.05) is 61.9 Å². The van der Waals surface area contributed by atoms with E-state index in [4.69, 9.17) is 4.98 Å². The Balaban J connectivity index is 1.54. The number of rotatable bonds is 6. The van der Waals surface area contributed by atoms with Crippen molar-refractivity contribution in [3.63, 3.8) is 0 Å². The number of nitrogens with zero attached hydrogens (tertiary/aromatic N) is 2. The van der Waals surface area contributed by atoms with Crippen molar-refractivity contribution < 1.29 is 4.79 Å². The SMILES string of the molecule is Cc1ccc(C(=O)NC(C)c2nc3ccccc3n2CCC2CCCCC2)cc1. The Bertz CT molecular complexity index is 967. The monoisotopic (exact) mass is 389 g/mol. The van der Waals surface area contributed by atoms with Gasteiger partial charge in [0, 0.05) is 12.1 Å². The van der Waals surface area contributed by atoms with E-state index < -0.39 is 0 Å². The maximum absolute atomic E-state index is 12.7. The van der Waals surface area contributed by atoms with E-state index >= 15 is 0 Å². The van der Waals surface area contributed by atoms with Gasteiger partial charge in [-0.2, -0.15) is 0 Å². The molecule has 1 aliphatic rings. The molecule has 1 fully saturated rings. The summed E-state index contributed by atoms with van der Waals surface area (Å²) in [6.45, 7) is 5.02. The number of nitrogens with one attached hydrogen (secondary N) is 1. The van der Waals surface area contributed by atoms with Gasteiger partial charge in [-0.15, -0.1) is 0 Å². The van der Waals surface area contributed by atoms with Gasteiger partial charge in [0.1, 0.15) is 5.82 Å². The van der Waals surface area contributed by atoms with Crippen LogP contribution >= 0.6 is 0 Å². The molecule has 0 bridgehead atoms. The first kappa shape index (κ1) is 19.7. The highest BCUT2D eigenvalue weighted by atomic mass is 16.1. The van der Waals surface area contributed by atoms with Crippen LogP contribution in [0.4, 0.5) is 0 Å². The van der Waals surface area contributed by atoms with Gasteiger partial charge in [-0.3, -0.25) is 4.79 Å². The van der Waals surface area contributed by atoms with Gasteiger partial charge in [0.05, 0.1) is 17.1 Å². The molecule has 152 valence electrons. The van der Waals surface area contributed by atoms with Crippen LogP contribution in [0.1, 0.15) is 73.2 Å².